The highest BCUT2D eigenvalue weighted by atomic mass is 32.2. The van der Waals surface area contributed by atoms with Gasteiger partial charge in [0.1, 0.15) is 17.1 Å². The Morgan fingerprint density at radius 3 is 2.56 bits per heavy atom. The molecule has 0 saturated carbocycles. The Kier molecular flexibility index (Phi) is 8.44. The Hall–Kier alpha value is -2.44. The highest BCUT2D eigenvalue weighted by molar-refractivity contribution is 7.89. The van der Waals surface area contributed by atoms with Gasteiger partial charge in [-0.25, -0.2) is 17.9 Å². The van der Waals surface area contributed by atoms with E-state index in [1.165, 1.54) is 13.1 Å². The third-order valence-electron chi connectivity index (χ3n) is 4.99. The molecule has 1 amide bonds. The Morgan fingerprint density at radius 2 is 1.94 bits per heavy atom. The van der Waals surface area contributed by atoms with Gasteiger partial charge in [0.05, 0.1) is 18.3 Å². The molecule has 12 heteroatoms. The van der Waals surface area contributed by atoms with Crippen LogP contribution >= 0.6 is 0 Å². The van der Waals surface area contributed by atoms with E-state index in [4.69, 9.17) is 9.39 Å². The molecule has 0 saturated heterocycles. The molecule has 2 rings (SSSR count). The van der Waals surface area contributed by atoms with Crippen LogP contribution in [0.4, 0.5) is 0 Å². The zero-order chi connectivity index (χ0) is 24.1. The zero-order valence-corrected chi connectivity index (χ0v) is 19.5. The summed E-state index contributed by atoms with van der Waals surface area (Å²) < 4.78 is 35.7. The molecule has 3 N–H and O–H groups in total. The molecule has 0 bridgehead atoms. The summed E-state index contributed by atoms with van der Waals surface area (Å²) in [5, 5.41) is 12.9. The van der Waals surface area contributed by atoms with Gasteiger partial charge < -0.3 is 19.7 Å². The van der Waals surface area contributed by atoms with Gasteiger partial charge in [-0.3, -0.25) is 9.59 Å². The molecular weight excluding hydrogens is 439 g/mol. The summed E-state index contributed by atoms with van der Waals surface area (Å²) in [5.41, 5.74) is 0.153. The van der Waals surface area contributed by atoms with Crippen LogP contribution in [0.25, 0.3) is 0 Å². The van der Waals surface area contributed by atoms with E-state index in [0.717, 1.165) is 0 Å². The number of fused-ring (bicyclic) bond motifs is 1. The number of Topliss-reactive ketones (excluding diaryl/α,β-unsaturated/α-hetero) is 1. The maximum atomic E-state index is 12.5. The molecule has 0 radical (unpaired) electrons. The minimum Gasteiger partial charge on any atom is -0.534 e. The number of esters is 1. The van der Waals surface area contributed by atoms with Crippen molar-refractivity contribution in [1.82, 2.24) is 10.0 Å². The van der Waals surface area contributed by atoms with E-state index >= 15 is 0 Å². The first-order chi connectivity index (χ1) is 14.8. The Morgan fingerprint density at radius 1 is 1.25 bits per heavy atom. The van der Waals surface area contributed by atoms with Crippen molar-refractivity contribution in [1.29, 1.82) is 0 Å². The van der Waals surface area contributed by atoms with Gasteiger partial charge in [0.15, 0.2) is 0 Å². The highest BCUT2D eigenvalue weighted by Gasteiger charge is 2.38. The van der Waals surface area contributed by atoms with Crippen LogP contribution in [0.2, 0.25) is 0 Å². The van der Waals surface area contributed by atoms with Crippen LogP contribution in [0.5, 0.6) is 5.75 Å². The lowest BCUT2D eigenvalue weighted by Crippen LogP contribution is -2.53. The van der Waals surface area contributed by atoms with E-state index in [0.29, 0.717) is 5.56 Å². The molecular formula is C20H29BN2O8S. The van der Waals surface area contributed by atoms with Crippen molar-refractivity contribution in [3.63, 3.8) is 0 Å². The average Bonchev–Trinajstić information content (AvgIpc) is 2.71. The number of ether oxygens (including phenoxy) is 1. The van der Waals surface area contributed by atoms with Crippen LogP contribution in [-0.4, -0.2) is 63.6 Å². The summed E-state index contributed by atoms with van der Waals surface area (Å²) in [6.45, 7) is 5.29. The first kappa shape index (κ1) is 25.8. The maximum Gasteiger partial charge on any atom is 0.547 e. The SMILES string of the molecule is CNS(=O)(=O)CCC(=O)N[C@H]1Cc2cccc(C(=O)OCCC(=O)C(C)(C)C)c2OB1O. The van der Waals surface area contributed by atoms with Gasteiger partial charge >= 0.3 is 13.1 Å². The molecule has 176 valence electrons. The van der Waals surface area contributed by atoms with Gasteiger partial charge in [-0.15, -0.1) is 0 Å². The van der Waals surface area contributed by atoms with Crippen molar-refractivity contribution in [3.05, 3.63) is 29.3 Å². The summed E-state index contributed by atoms with van der Waals surface area (Å²) >= 11 is 0. The monoisotopic (exact) mass is 468 g/mol. The van der Waals surface area contributed by atoms with Gasteiger partial charge in [-0.05, 0) is 25.1 Å². The van der Waals surface area contributed by atoms with Gasteiger partial charge in [-0.1, -0.05) is 32.9 Å². The van der Waals surface area contributed by atoms with Crippen molar-refractivity contribution in [2.45, 2.75) is 46.0 Å². The molecule has 0 fully saturated rings. The van der Waals surface area contributed by atoms with Crippen LogP contribution in [0.3, 0.4) is 0 Å². The smallest absolute Gasteiger partial charge is 0.534 e. The highest BCUT2D eigenvalue weighted by Crippen LogP contribution is 2.30. The molecule has 1 aliphatic heterocycles. The van der Waals surface area contributed by atoms with Crippen LogP contribution in [0, 0.1) is 5.41 Å². The largest absolute Gasteiger partial charge is 0.547 e. The number of amides is 1. The first-order valence-electron chi connectivity index (χ1n) is 10.2. The van der Waals surface area contributed by atoms with E-state index in [-0.39, 0.29) is 48.7 Å². The van der Waals surface area contributed by atoms with E-state index in [1.54, 1.807) is 32.9 Å². The Labute approximate surface area is 188 Å². The van der Waals surface area contributed by atoms with Crippen molar-refractivity contribution in [2.75, 3.05) is 19.4 Å². The number of benzene rings is 1. The minimum atomic E-state index is -3.53. The quantitative estimate of drug-likeness (QED) is 0.345. The van der Waals surface area contributed by atoms with Crippen molar-refractivity contribution in [3.8, 4) is 5.75 Å². The molecule has 0 spiro atoms. The predicted molar refractivity (Wildman–Crippen MR) is 118 cm³/mol. The minimum absolute atomic E-state index is 0.0341. The topological polar surface area (TPSA) is 148 Å². The van der Waals surface area contributed by atoms with Crippen LogP contribution in [0.1, 0.15) is 49.5 Å². The number of carbonyl (C=O) groups excluding carboxylic acids is 3. The molecule has 1 aliphatic rings. The summed E-state index contributed by atoms with van der Waals surface area (Å²) in [6.07, 6.45) is -0.0192. The molecule has 10 nitrogen and oxygen atoms in total. The lowest BCUT2D eigenvalue weighted by molar-refractivity contribution is -0.127. The van der Waals surface area contributed by atoms with E-state index in [2.05, 4.69) is 10.0 Å². The van der Waals surface area contributed by atoms with Gasteiger partial charge in [-0.2, -0.15) is 0 Å². The normalized spacial score (nSPS) is 16.0. The number of hydrogen-bond acceptors (Lipinski definition) is 8. The van der Waals surface area contributed by atoms with Crippen LogP contribution in [-0.2, 0) is 30.8 Å². The summed E-state index contributed by atoms with van der Waals surface area (Å²) in [7, 11) is -3.71. The average molecular weight is 468 g/mol. The molecule has 1 aromatic rings. The van der Waals surface area contributed by atoms with Gasteiger partial charge in [0.2, 0.25) is 15.9 Å². The summed E-state index contributed by atoms with van der Waals surface area (Å²) in [6, 6.07) is 4.79. The number of ketones is 1. The van der Waals surface area contributed by atoms with Crippen LogP contribution in [0.15, 0.2) is 18.2 Å². The second-order valence-corrected chi connectivity index (χ2v) is 10.6. The number of sulfonamides is 1. The molecule has 0 aliphatic carbocycles. The van der Waals surface area contributed by atoms with Crippen LogP contribution < -0.4 is 14.7 Å². The second kappa shape index (κ2) is 10.5. The lowest BCUT2D eigenvalue weighted by Gasteiger charge is -2.29. The molecule has 1 aromatic carbocycles. The van der Waals surface area contributed by atoms with Crippen molar-refractivity contribution < 1.29 is 37.2 Å². The fourth-order valence-corrected chi connectivity index (χ4v) is 3.66. The van der Waals surface area contributed by atoms with E-state index < -0.39 is 40.4 Å². The third kappa shape index (κ3) is 7.04. The zero-order valence-electron chi connectivity index (χ0n) is 18.6. The summed E-state index contributed by atoms with van der Waals surface area (Å²) in [4.78, 5) is 36.6. The number of rotatable bonds is 9. The van der Waals surface area contributed by atoms with Gasteiger partial charge in [0.25, 0.3) is 0 Å². The van der Waals surface area contributed by atoms with Gasteiger partial charge in [0, 0.05) is 18.3 Å². The lowest BCUT2D eigenvalue weighted by atomic mass is 9.72. The predicted octanol–water partition coefficient (Wildman–Crippen LogP) is 0.227. The molecule has 1 atom stereocenters. The second-order valence-electron chi connectivity index (χ2n) is 8.51. The Bertz CT molecular complexity index is 974. The number of nitrogens with one attached hydrogen (secondary N) is 2. The van der Waals surface area contributed by atoms with E-state index in [9.17, 15) is 27.8 Å². The Balaban J connectivity index is 2.01. The number of para-hydroxylation sites is 1. The first-order valence-corrected chi connectivity index (χ1v) is 11.9. The maximum absolute atomic E-state index is 12.5. The molecule has 1 heterocycles. The molecule has 32 heavy (non-hydrogen) atoms. The third-order valence-corrected chi connectivity index (χ3v) is 6.36. The number of hydrogen-bond donors (Lipinski definition) is 3. The standard InChI is InChI=1S/C20H29BN2O8S/c1-20(2,3)15(24)8-10-30-19(26)14-7-5-6-13-12-16(21(27)31-18(13)14)23-17(25)9-11-32(28,29)22-4/h5-7,16,22,27H,8-12H2,1-4H3,(H,23,25)/t16-/m0/s1. The van der Waals surface area contributed by atoms with Crippen molar-refractivity contribution in [2.24, 2.45) is 5.41 Å². The fraction of sp³-hybridized carbons (Fsp3) is 0.550. The number of carbonyl (C=O) groups is 3. The van der Waals surface area contributed by atoms with Crippen molar-refractivity contribution >= 4 is 34.8 Å². The van der Waals surface area contributed by atoms with E-state index in [1.807, 2.05) is 0 Å². The fourth-order valence-electron chi connectivity index (χ4n) is 3.01. The summed E-state index contributed by atoms with van der Waals surface area (Å²) in [5.74, 6) is -2.33. The molecule has 0 aromatic heterocycles. The molecule has 0 unspecified atom stereocenters.